The van der Waals surface area contributed by atoms with Crippen molar-refractivity contribution in [3.05, 3.63) is 66.4 Å². The largest absolute Gasteiger partial charge is 0.343 e. The van der Waals surface area contributed by atoms with Crippen molar-refractivity contribution in [3.8, 4) is 10.4 Å². The monoisotopic (exact) mass is 338 g/mol. The first-order valence-corrected chi connectivity index (χ1v) is 8.00. The van der Waals surface area contributed by atoms with Crippen molar-refractivity contribution in [2.45, 2.75) is 0 Å². The molecule has 1 heterocycles. The van der Waals surface area contributed by atoms with Gasteiger partial charge < -0.3 is 10.6 Å². The van der Waals surface area contributed by atoms with Crippen LogP contribution in [0.4, 0.5) is 5.69 Å². The summed E-state index contributed by atoms with van der Waals surface area (Å²) in [6, 6.07) is 16.1. The molecule has 0 saturated carbocycles. The van der Waals surface area contributed by atoms with E-state index in [1.165, 1.54) is 11.5 Å². The second kappa shape index (κ2) is 7.47. The zero-order valence-corrected chi connectivity index (χ0v) is 13.4. The van der Waals surface area contributed by atoms with Gasteiger partial charge in [0, 0.05) is 11.3 Å². The Bertz CT molecular complexity index is 818. The van der Waals surface area contributed by atoms with Crippen LogP contribution in [0.2, 0.25) is 0 Å². The molecule has 24 heavy (non-hydrogen) atoms. The Morgan fingerprint density at radius 3 is 2.42 bits per heavy atom. The van der Waals surface area contributed by atoms with E-state index in [1.807, 2.05) is 18.2 Å². The molecule has 0 spiro atoms. The van der Waals surface area contributed by atoms with Crippen LogP contribution < -0.4 is 10.6 Å². The van der Waals surface area contributed by atoms with Gasteiger partial charge in [-0.2, -0.15) is 0 Å². The number of nitrogens with one attached hydrogen (secondary N) is 2. The fraction of sp³-hybridized carbons (Fsp3) is 0.0588. The summed E-state index contributed by atoms with van der Waals surface area (Å²) < 4.78 is 3.82. The van der Waals surface area contributed by atoms with Gasteiger partial charge in [-0.1, -0.05) is 34.8 Å². The Balaban J connectivity index is 1.52. The standard InChI is InChI=1S/C17H14N4O2S/c22-16(11-18-17(23)13-4-2-1-3-5-13)20-14-8-6-12(7-9-14)15-10-19-21-24-15/h1-10H,11H2,(H,18,23)(H,20,22). The van der Waals surface area contributed by atoms with Crippen molar-refractivity contribution < 1.29 is 9.59 Å². The molecule has 2 amide bonds. The molecule has 0 atom stereocenters. The minimum Gasteiger partial charge on any atom is -0.343 e. The summed E-state index contributed by atoms with van der Waals surface area (Å²) in [5, 5.41) is 9.12. The third-order valence-corrected chi connectivity index (χ3v) is 3.97. The molecular formula is C17H14N4O2S. The summed E-state index contributed by atoms with van der Waals surface area (Å²) in [6.07, 6.45) is 1.69. The predicted octanol–water partition coefficient (Wildman–Crippen LogP) is 2.57. The lowest BCUT2D eigenvalue weighted by Gasteiger charge is -2.07. The van der Waals surface area contributed by atoms with Crippen LogP contribution in [0.5, 0.6) is 0 Å². The molecule has 0 radical (unpaired) electrons. The lowest BCUT2D eigenvalue weighted by atomic mass is 10.2. The molecule has 2 aromatic carbocycles. The summed E-state index contributed by atoms with van der Waals surface area (Å²) in [6.45, 7) is -0.0890. The molecule has 0 bridgehead atoms. The molecule has 7 heteroatoms. The summed E-state index contributed by atoms with van der Waals surface area (Å²) in [5.41, 5.74) is 2.17. The van der Waals surface area contributed by atoms with Crippen LogP contribution >= 0.6 is 11.5 Å². The maximum absolute atomic E-state index is 11.9. The van der Waals surface area contributed by atoms with Crippen molar-refractivity contribution in [2.24, 2.45) is 0 Å². The molecule has 1 aromatic heterocycles. The van der Waals surface area contributed by atoms with Gasteiger partial charge in [-0.25, -0.2) is 0 Å². The first-order chi connectivity index (χ1) is 11.7. The highest BCUT2D eigenvalue weighted by Gasteiger charge is 2.08. The second-order valence-electron chi connectivity index (χ2n) is 4.96. The highest BCUT2D eigenvalue weighted by Crippen LogP contribution is 2.23. The zero-order valence-electron chi connectivity index (χ0n) is 12.6. The van der Waals surface area contributed by atoms with Crippen molar-refractivity contribution in [3.63, 3.8) is 0 Å². The van der Waals surface area contributed by atoms with Gasteiger partial charge in [0.15, 0.2) is 0 Å². The number of hydrogen-bond donors (Lipinski definition) is 2. The summed E-state index contributed by atoms with van der Waals surface area (Å²) >= 11 is 1.31. The fourth-order valence-corrected chi connectivity index (χ4v) is 2.59. The molecule has 120 valence electrons. The van der Waals surface area contributed by atoms with Gasteiger partial charge in [0.25, 0.3) is 5.91 Å². The minimum absolute atomic E-state index is 0.0890. The van der Waals surface area contributed by atoms with Crippen LogP contribution in [0.25, 0.3) is 10.4 Å². The maximum Gasteiger partial charge on any atom is 0.251 e. The first-order valence-electron chi connectivity index (χ1n) is 7.23. The molecule has 0 aliphatic rings. The number of hydrogen-bond acceptors (Lipinski definition) is 5. The Hall–Kier alpha value is -3.06. The van der Waals surface area contributed by atoms with E-state index >= 15 is 0 Å². The fourth-order valence-electron chi connectivity index (χ4n) is 2.07. The van der Waals surface area contributed by atoms with Crippen LogP contribution in [0.15, 0.2) is 60.8 Å². The molecule has 0 saturated heterocycles. The van der Waals surface area contributed by atoms with Gasteiger partial charge in [-0.3, -0.25) is 9.59 Å². The number of benzene rings is 2. The zero-order chi connectivity index (χ0) is 16.8. The van der Waals surface area contributed by atoms with E-state index in [1.54, 1.807) is 42.6 Å². The number of rotatable bonds is 5. The first kappa shape index (κ1) is 15.8. The number of nitrogens with zero attached hydrogens (tertiary/aromatic N) is 2. The average Bonchev–Trinajstić information content (AvgIpc) is 3.16. The molecule has 6 nitrogen and oxygen atoms in total. The molecule has 2 N–H and O–H groups in total. The number of amides is 2. The average molecular weight is 338 g/mol. The van der Waals surface area contributed by atoms with Gasteiger partial charge in [0.1, 0.15) is 0 Å². The van der Waals surface area contributed by atoms with E-state index in [0.717, 1.165) is 10.4 Å². The summed E-state index contributed by atoms with van der Waals surface area (Å²) in [5.74, 6) is -0.565. The topological polar surface area (TPSA) is 84.0 Å². The van der Waals surface area contributed by atoms with Crippen LogP contribution in [0, 0.1) is 0 Å². The van der Waals surface area contributed by atoms with Crippen LogP contribution in [-0.2, 0) is 4.79 Å². The van der Waals surface area contributed by atoms with Crippen molar-refractivity contribution in [1.29, 1.82) is 0 Å². The van der Waals surface area contributed by atoms with E-state index in [4.69, 9.17) is 0 Å². The number of aromatic nitrogens is 2. The molecular weight excluding hydrogens is 324 g/mol. The molecule has 0 fully saturated rings. The van der Waals surface area contributed by atoms with Crippen molar-refractivity contribution >= 4 is 29.0 Å². The van der Waals surface area contributed by atoms with Gasteiger partial charge >= 0.3 is 0 Å². The third kappa shape index (κ3) is 4.02. The van der Waals surface area contributed by atoms with E-state index in [0.29, 0.717) is 11.3 Å². The minimum atomic E-state index is -0.286. The third-order valence-electron chi connectivity index (χ3n) is 3.26. The normalized spacial score (nSPS) is 10.2. The smallest absolute Gasteiger partial charge is 0.251 e. The van der Waals surface area contributed by atoms with Crippen LogP contribution in [0.1, 0.15) is 10.4 Å². The molecule has 3 rings (SSSR count). The predicted molar refractivity (Wildman–Crippen MR) is 92.7 cm³/mol. The summed E-state index contributed by atoms with van der Waals surface area (Å²) in [4.78, 5) is 24.8. The maximum atomic E-state index is 11.9. The molecule has 0 aliphatic carbocycles. The number of anilines is 1. The van der Waals surface area contributed by atoms with E-state index in [2.05, 4.69) is 20.2 Å². The molecule has 3 aromatic rings. The Labute approximate surface area is 142 Å². The lowest BCUT2D eigenvalue weighted by Crippen LogP contribution is -2.32. The quantitative estimate of drug-likeness (QED) is 0.749. The van der Waals surface area contributed by atoms with E-state index in [9.17, 15) is 9.59 Å². The SMILES string of the molecule is O=C(CNC(=O)c1ccccc1)Nc1ccc(-c2cnns2)cc1. The highest BCUT2D eigenvalue weighted by molar-refractivity contribution is 7.09. The van der Waals surface area contributed by atoms with E-state index in [-0.39, 0.29) is 18.4 Å². The van der Waals surface area contributed by atoms with Gasteiger partial charge in [0.2, 0.25) is 5.91 Å². The van der Waals surface area contributed by atoms with Gasteiger partial charge in [0.05, 0.1) is 17.6 Å². The van der Waals surface area contributed by atoms with Gasteiger partial charge in [-0.15, -0.1) is 5.10 Å². The second-order valence-corrected chi connectivity index (χ2v) is 5.74. The molecule has 0 unspecified atom stereocenters. The van der Waals surface area contributed by atoms with E-state index < -0.39 is 0 Å². The Kier molecular flexibility index (Phi) is 4.93. The molecule has 0 aliphatic heterocycles. The Morgan fingerprint density at radius 2 is 1.75 bits per heavy atom. The number of carbonyl (C=O) groups is 2. The number of carbonyl (C=O) groups excluding carboxylic acids is 2. The van der Waals surface area contributed by atoms with Crippen LogP contribution in [-0.4, -0.2) is 27.9 Å². The Morgan fingerprint density at radius 1 is 1.00 bits per heavy atom. The lowest BCUT2D eigenvalue weighted by molar-refractivity contribution is -0.115. The van der Waals surface area contributed by atoms with Crippen molar-refractivity contribution in [1.82, 2.24) is 14.9 Å². The van der Waals surface area contributed by atoms with Gasteiger partial charge in [-0.05, 0) is 41.4 Å². The van der Waals surface area contributed by atoms with Crippen LogP contribution in [0.3, 0.4) is 0 Å². The van der Waals surface area contributed by atoms with Crippen molar-refractivity contribution in [2.75, 3.05) is 11.9 Å². The highest BCUT2D eigenvalue weighted by atomic mass is 32.1. The summed E-state index contributed by atoms with van der Waals surface area (Å²) in [7, 11) is 0.